The maximum atomic E-state index is 12.1. The Labute approximate surface area is 120 Å². The molecular formula is C16H22N2O2. The van der Waals surface area contributed by atoms with Gasteiger partial charge in [0.05, 0.1) is 0 Å². The largest absolute Gasteiger partial charge is 0.384 e. The van der Waals surface area contributed by atoms with E-state index in [1.165, 1.54) is 0 Å². The number of benzene rings is 1. The summed E-state index contributed by atoms with van der Waals surface area (Å²) >= 11 is 0. The van der Waals surface area contributed by atoms with Crippen LogP contribution in [0.25, 0.3) is 0 Å². The highest BCUT2D eigenvalue weighted by atomic mass is 16.2. The fourth-order valence-electron chi connectivity index (χ4n) is 1.78. The van der Waals surface area contributed by atoms with Crippen LogP contribution in [0.3, 0.4) is 0 Å². The highest BCUT2D eigenvalue weighted by Crippen LogP contribution is 2.10. The maximum Gasteiger partial charge on any atom is 0.251 e. The summed E-state index contributed by atoms with van der Waals surface area (Å²) in [5, 5.41) is 11.6. The van der Waals surface area contributed by atoms with Crippen LogP contribution in [0.2, 0.25) is 0 Å². The van der Waals surface area contributed by atoms with Gasteiger partial charge in [0.1, 0.15) is 6.61 Å². The minimum Gasteiger partial charge on any atom is -0.384 e. The fraction of sp³-hybridized carbons (Fsp3) is 0.438. The molecule has 0 atom stereocenters. The topological polar surface area (TPSA) is 52.6 Å². The third-order valence-electron chi connectivity index (χ3n) is 2.86. The molecule has 0 fully saturated rings. The molecule has 0 unspecified atom stereocenters. The first kappa shape index (κ1) is 16.2. The van der Waals surface area contributed by atoms with E-state index >= 15 is 0 Å². The minimum absolute atomic E-state index is 0.0751. The number of carbonyl (C=O) groups excluding carboxylic acids is 1. The molecule has 108 valence electrons. The Hall–Kier alpha value is -1.83. The lowest BCUT2D eigenvalue weighted by Gasteiger charge is -2.11. The zero-order valence-corrected chi connectivity index (χ0v) is 12.4. The molecule has 0 bridgehead atoms. The van der Waals surface area contributed by atoms with Crippen LogP contribution >= 0.6 is 0 Å². The monoisotopic (exact) mass is 274 g/mol. The molecule has 0 aliphatic carbocycles. The average Bonchev–Trinajstić information content (AvgIpc) is 2.42. The standard InChI is InChI=1S/C16H22N2O2/c1-13-7-8-14(6-4-11-19)12-15(13)16(20)17-9-5-10-18(2)3/h7-8,12,19H,5,9-11H2,1-3H3,(H,17,20). The van der Waals surface area contributed by atoms with E-state index in [4.69, 9.17) is 5.11 Å². The first-order chi connectivity index (χ1) is 9.54. The number of hydrogen-bond acceptors (Lipinski definition) is 3. The minimum atomic E-state index is -0.181. The van der Waals surface area contributed by atoms with Gasteiger partial charge in [-0.2, -0.15) is 0 Å². The molecule has 2 N–H and O–H groups in total. The van der Waals surface area contributed by atoms with Crippen molar-refractivity contribution in [3.63, 3.8) is 0 Å². The van der Waals surface area contributed by atoms with Crippen molar-refractivity contribution in [3.05, 3.63) is 34.9 Å². The van der Waals surface area contributed by atoms with E-state index in [0.717, 1.165) is 24.1 Å². The molecule has 0 aliphatic heterocycles. The number of aryl methyl sites for hydroxylation is 1. The Bertz CT molecular complexity index is 513. The van der Waals surface area contributed by atoms with Gasteiger partial charge >= 0.3 is 0 Å². The number of nitrogens with one attached hydrogen (secondary N) is 1. The van der Waals surface area contributed by atoms with E-state index in [-0.39, 0.29) is 12.5 Å². The van der Waals surface area contributed by atoms with E-state index in [2.05, 4.69) is 22.1 Å². The number of aliphatic hydroxyl groups excluding tert-OH is 1. The summed E-state index contributed by atoms with van der Waals surface area (Å²) in [6.07, 6.45) is 0.918. The molecule has 1 rings (SSSR count). The number of aliphatic hydroxyl groups is 1. The summed E-state index contributed by atoms with van der Waals surface area (Å²) in [6, 6.07) is 5.48. The lowest BCUT2D eigenvalue weighted by molar-refractivity contribution is 0.0951. The van der Waals surface area contributed by atoms with Crippen LogP contribution in [0, 0.1) is 18.8 Å². The first-order valence-electron chi connectivity index (χ1n) is 6.68. The lowest BCUT2D eigenvalue weighted by Crippen LogP contribution is -2.27. The number of hydrogen-bond donors (Lipinski definition) is 2. The van der Waals surface area contributed by atoms with E-state index in [9.17, 15) is 4.79 Å². The van der Waals surface area contributed by atoms with Gasteiger partial charge in [-0.25, -0.2) is 0 Å². The molecule has 0 aromatic heterocycles. The molecule has 0 heterocycles. The number of nitrogens with zero attached hydrogens (tertiary/aromatic N) is 1. The highest BCUT2D eigenvalue weighted by molar-refractivity contribution is 5.96. The van der Waals surface area contributed by atoms with Crippen molar-refractivity contribution in [2.75, 3.05) is 33.8 Å². The van der Waals surface area contributed by atoms with Crippen molar-refractivity contribution in [1.82, 2.24) is 10.2 Å². The van der Waals surface area contributed by atoms with Crippen LogP contribution in [0.1, 0.15) is 27.9 Å². The summed E-state index contributed by atoms with van der Waals surface area (Å²) in [5.41, 5.74) is 2.30. The zero-order chi connectivity index (χ0) is 15.0. The van der Waals surface area contributed by atoms with Crippen molar-refractivity contribution >= 4 is 5.91 Å². The van der Waals surface area contributed by atoms with Crippen LogP contribution in [0.4, 0.5) is 0 Å². The molecule has 0 aliphatic rings. The SMILES string of the molecule is Cc1ccc(C#CCO)cc1C(=O)NCCCN(C)C. The third kappa shape index (κ3) is 5.43. The predicted molar refractivity (Wildman–Crippen MR) is 80.6 cm³/mol. The second-order valence-electron chi connectivity index (χ2n) is 4.90. The number of carbonyl (C=O) groups is 1. The second kappa shape index (κ2) is 8.36. The normalized spacial score (nSPS) is 10.1. The Morgan fingerprint density at radius 3 is 2.80 bits per heavy atom. The molecule has 0 saturated heterocycles. The van der Waals surface area contributed by atoms with E-state index in [1.807, 2.05) is 33.2 Å². The average molecular weight is 274 g/mol. The molecule has 1 aromatic rings. The molecule has 1 amide bonds. The maximum absolute atomic E-state index is 12.1. The van der Waals surface area contributed by atoms with Crippen molar-refractivity contribution < 1.29 is 9.90 Å². The zero-order valence-electron chi connectivity index (χ0n) is 12.4. The number of rotatable bonds is 5. The summed E-state index contributed by atoms with van der Waals surface area (Å²) in [4.78, 5) is 14.2. The van der Waals surface area contributed by atoms with Crippen molar-refractivity contribution in [2.45, 2.75) is 13.3 Å². The lowest BCUT2D eigenvalue weighted by atomic mass is 10.0. The molecule has 0 spiro atoms. The van der Waals surface area contributed by atoms with Gasteiger partial charge in [-0.3, -0.25) is 4.79 Å². The summed E-state index contributed by atoms with van der Waals surface area (Å²) in [6.45, 7) is 3.32. The third-order valence-corrected chi connectivity index (χ3v) is 2.86. The fourth-order valence-corrected chi connectivity index (χ4v) is 1.78. The molecule has 4 nitrogen and oxygen atoms in total. The molecule has 1 aromatic carbocycles. The van der Waals surface area contributed by atoms with E-state index < -0.39 is 0 Å². The van der Waals surface area contributed by atoms with E-state index in [1.54, 1.807) is 6.07 Å². The van der Waals surface area contributed by atoms with Crippen molar-refractivity contribution in [2.24, 2.45) is 0 Å². The van der Waals surface area contributed by atoms with Crippen molar-refractivity contribution in [1.29, 1.82) is 0 Å². The van der Waals surface area contributed by atoms with E-state index in [0.29, 0.717) is 12.1 Å². The van der Waals surface area contributed by atoms with Crippen LogP contribution in [-0.2, 0) is 0 Å². The van der Waals surface area contributed by atoms with Crippen LogP contribution in [-0.4, -0.2) is 49.7 Å². The Kier molecular flexibility index (Phi) is 6.78. The van der Waals surface area contributed by atoms with Gasteiger partial charge in [-0.05, 0) is 51.7 Å². The van der Waals surface area contributed by atoms with Crippen molar-refractivity contribution in [3.8, 4) is 11.8 Å². The van der Waals surface area contributed by atoms with Gasteiger partial charge in [0.15, 0.2) is 0 Å². The molecule has 4 heteroatoms. The smallest absolute Gasteiger partial charge is 0.251 e. The van der Waals surface area contributed by atoms with Gasteiger partial charge in [-0.15, -0.1) is 0 Å². The van der Waals surface area contributed by atoms with Crippen LogP contribution < -0.4 is 5.32 Å². The van der Waals surface area contributed by atoms with Gasteiger partial charge in [-0.1, -0.05) is 17.9 Å². The van der Waals surface area contributed by atoms with Gasteiger partial charge in [0, 0.05) is 17.7 Å². The van der Waals surface area contributed by atoms with Crippen LogP contribution in [0.15, 0.2) is 18.2 Å². The highest BCUT2D eigenvalue weighted by Gasteiger charge is 2.08. The van der Waals surface area contributed by atoms with Gasteiger partial charge < -0.3 is 15.3 Å². The quantitative estimate of drug-likeness (QED) is 0.622. The molecular weight excluding hydrogens is 252 g/mol. The Morgan fingerprint density at radius 1 is 1.40 bits per heavy atom. The Morgan fingerprint density at radius 2 is 2.15 bits per heavy atom. The van der Waals surface area contributed by atoms with Gasteiger partial charge in [0.25, 0.3) is 5.91 Å². The van der Waals surface area contributed by atoms with Crippen LogP contribution in [0.5, 0.6) is 0 Å². The first-order valence-corrected chi connectivity index (χ1v) is 6.68. The summed E-state index contributed by atoms with van der Waals surface area (Å²) < 4.78 is 0. The summed E-state index contributed by atoms with van der Waals surface area (Å²) in [7, 11) is 4.02. The Balaban J connectivity index is 2.67. The summed E-state index contributed by atoms with van der Waals surface area (Å²) in [5.74, 6) is 5.32. The molecule has 0 saturated carbocycles. The molecule has 20 heavy (non-hydrogen) atoms. The molecule has 0 radical (unpaired) electrons. The number of amides is 1. The van der Waals surface area contributed by atoms with Gasteiger partial charge in [0.2, 0.25) is 0 Å². The predicted octanol–water partition coefficient (Wildman–Crippen LogP) is 1.02. The second-order valence-corrected chi connectivity index (χ2v) is 4.90.